The number of piperidine rings is 1. The van der Waals surface area contributed by atoms with Crippen LogP contribution in [-0.4, -0.2) is 84.9 Å². The van der Waals surface area contributed by atoms with Crippen molar-refractivity contribution >= 4 is 34.9 Å². The van der Waals surface area contributed by atoms with Crippen LogP contribution in [0.2, 0.25) is 5.02 Å². The summed E-state index contributed by atoms with van der Waals surface area (Å²) in [5.74, 6) is -3.56. The summed E-state index contributed by atoms with van der Waals surface area (Å²) in [5.41, 5.74) is 0.0857. The molecule has 0 saturated carbocycles. The predicted octanol–water partition coefficient (Wildman–Crippen LogP) is 4.61. The number of carbonyl (C=O) groups is 2. The van der Waals surface area contributed by atoms with Crippen molar-refractivity contribution in [2.45, 2.75) is 38.1 Å². The Morgan fingerprint density at radius 3 is 2.44 bits per heavy atom. The summed E-state index contributed by atoms with van der Waals surface area (Å²) in [6, 6.07) is 6.44. The summed E-state index contributed by atoms with van der Waals surface area (Å²) in [5, 5.41) is 15.2. The Balaban J connectivity index is 1.40. The minimum Gasteiger partial charge on any atom is -0.391 e. The Morgan fingerprint density at radius 1 is 1.02 bits per heavy atom. The number of nitrogens with one attached hydrogen (secondary N) is 2. The maximum absolute atomic E-state index is 15.0. The van der Waals surface area contributed by atoms with Gasteiger partial charge in [0.05, 0.1) is 29.5 Å². The monoisotopic (exact) mass is 603 g/mol. The Labute approximate surface area is 239 Å². The molecular weight excluding hydrogens is 573 g/mol. The zero-order valence-corrected chi connectivity index (χ0v) is 22.9. The summed E-state index contributed by atoms with van der Waals surface area (Å²) < 4.78 is 67.5. The lowest BCUT2D eigenvalue weighted by Gasteiger charge is -2.37. The summed E-state index contributed by atoms with van der Waals surface area (Å²) in [7, 11) is 0. The Morgan fingerprint density at radius 2 is 1.76 bits per heavy atom. The molecule has 14 heteroatoms. The van der Waals surface area contributed by atoms with Crippen molar-refractivity contribution in [3.05, 3.63) is 58.1 Å². The molecule has 1 atom stereocenters. The van der Waals surface area contributed by atoms with Crippen LogP contribution in [0.25, 0.3) is 0 Å². The number of piperazine rings is 1. The fraction of sp³-hybridized carbons (Fsp3) is 0.481. The number of carbonyl (C=O) groups excluding carboxylic acids is 2. The van der Waals surface area contributed by atoms with Gasteiger partial charge in [0, 0.05) is 62.9 Å². The van der Waals surface area contributed by atoms with E-state index in [4.69, 9.17) is 11.6 Å². The van der Waals surface area contributed by atoms with Gasteiger partial charge in [-0.25, -0.2) is 13.6 Å². The van der Waals surface area contributed by atoms with Gasteiger partial charge in [0.1, 0.15) is 0 Å². The van der Waals surface area contributed by atoms with Crippen LogP contribution in [0.15, 0.2) is 30.3 Å². The highest BCUT2D eigenvalue weighted by molar-refractivity contribution is 6.31. The van der Waals surface area contributed by atoms with Crippen LogP contribution in [0.1, 0.15) is 35.2 Å². The SMILES string of the molecule is O=C(Nc1ccc(Cl)cc1N1CCN(CCC(F)(F)F)CC1)c1ccc(CNC(=O)N2CCC[C@H](O)C2)c(F)c1F. The first kappa shape index (κ1) is 30.8. The van der Waals surface area contributed by atoms with E-state index in [0.717, 1.165) is 6.07 Å². The van der Waals surface area contributed by atoms with E-state index in [1.807, 2.05) is 4.90 Å². The van der Waals surface area contributed by atoms with Crippen LogP contribution in [-0.2, 0) is 6.54 Å². The number of amides is 3. The molecule has 0 unspecified atom stereocenters. The van der Waals surface area contributed by atoms with E-state index in [2.05, 4.69) is 10.6 Å². The second-order valence-corrected chi connectivity index (χ2v) is 10.5. The molecular formula is C27H31ClF5N5O3. The molecule has 0 bridgehead atoms. The lowest BCUT2D eigenvalue weighted by Crippen LogP contribution is -2.47. The molecule has 2 aliphatic heterocycles. The van der Waals surface area contributed by atoms with E-state index in [0.29, 0.717) is 56.3 Å². The summed E-state index contributed by atoms with van der Waals surface area (Å²) in [6.45, 7) is 1.66. The number of urea groups is 1. The summed E-state index contributed by atoms with van der Waals surface area (Å²) in [6.07, 6.45) is -4.54. The highest BCUT2D eigenvalue weighted by atomic mass is 35.5. The number of rotatable bonds is 7. The number of nitrogens with zero attached hydrogens (tertiary/aromatic N) is 3. The van der Waals surface area contributed by atoms with Gasteiger partial charge in [-0.15, -0.1) is 0 Å². The van der Waals surface area contributed by atoms with E-state index >= 15 is 0 Å². The predicted molar refractivity (Wildman–Crippen MR) is 144 cm³/mol. The number of alkyl halides is 3. The molecule has 4 rings (SSSR count). The van der Waals surface area contributed by atoms with Gasteiger partial charge < -0.3 is 25.5 Å². The number of β-amino-alcohol motifs (C(OH)–C–C–N with tert-alkyl or cyclic N) is 1. The van der Waals surface area contributed by atoms with Gasteiger partial charge in [-0.2, -0.15) is 13.2 Å². The van der Waals surface area contributed by atoms with E-state index < -0.39 is 47.8 Å². The van der Waals surface area contributed by atoms with Crippen molar-refractivity contribution in [2.75, 3.05) is 56.0 Å². The number of likely N-dealkylation sites (tertiary alicyclic amines) is 1. The molecule has 8 nitrogen and oxygen atoms in total. The standard InChI is InChI=1S/C27H31ClF5N5O3/c28-18-4-6-21(22(14-18)37-12-10-36(11-13-37)9-7-27(31,32)33)35-25(40)20-5-3-17(23(29)24(20)30)15-34-26(41)38-8-1-2-19(39)16-38/h3-6,14,19,39H,1-2,7-13,15-16H2,(H,34,41)(H,35,40)/t19-/m0/s1. The molecule has 3 N–H and O–H groups in total. The van der Waals surface area contributed by atoms with Crippen molar-refractivity contribution in [1.29, 1.82) is 0 Å². The average Bonchev–Trinajstić information content (AvgIpc) is 2.93. The lowest BCUT2D eigenvalue weighted by molar-refractivity contribution is -0.138. The van der Waals surface area contributed by atoms with E-state index in [1.54, 1.807) is 11.0 Å². The van der Waals surface area contributed by atoms with Crippen molar-refractivity contribution in [1.82, 2.24) is 15.1 Å². The smallest absolute Gasteiger partial charge is 0.390 e. The van der Waals surface area contributed by atoms with E-state index in [9.17, 15) is 36.6 Å². The van der Waals surface area contributed by atoms with Crippen LogP contribution >= 0.6 is 11.6 Å². The second-order valence-electron chi connectivity index (χ2n) is 10.1. The van der Waals surface area contributed by atoms with Crippen LogP contribution < -0.4 is 15.5 Å². The van der Waals surface area contributed by atoms with Crippen molar-refractivity contribution in [2.24, 2.45) is 0 Å². The van der Waals surface area contributed by atoms with Crippen LogP contribution in [0.4, 0.5) is 38.1 Å². The fourth-order valence-electron chi connectivity index (χ4n) is 4.88. The largest absolute Gasteiger partial charge is 0.391 e. The van der Waals surface area contributed by atoms with Gasteiger partial charge in [0.2, 0.25) is 0 Å². The topological polar surface area (TPSA) is 88.2 Å². The lowest BCUT2D eigenvalue weighted by atomic mass is 10.1. The van der Waals surface area contributed by atoms with Gasteiger partial charge >= 0.3 is 12.2 Å². The first-order valence-corrected chi connectivity index (χ1v) is 13.6. The molecule has 2 heterocycles. The maximum atomic E-state index is 15.0. The molecule has 2 aromatic carbocycles. The Kier molecular flexibility index (Phi) is 9.92. The fourth-order valence-corrected chi connectivity index (χ4v) is 5.05. The van der Waals surface area contributed by atoms with Gasteiger partial charge in [0.25, 0.3) is 5.91 Å². The quantitative estimate of drug-likeness (QED) is 0.403. The molecule has 2 aromatic rings. The van der Waals surface area contributed by atoms with Crippen LogP contribution in [0, 0.1) is 11.6 Å². The third-order valence-corrected chi connectivity index (χ3v) is 7.39. The number of anilines is 2. The van der Waals surface area contributed by atoms with Gasteiger partial charge in [-0.3, -0.25) is 9.69 Å². The third-order valence-electron chi connectivity index (χ3n) is 7.15. The zero-order valence-electron chi connectivity index (χ0n) is 22.1. The molecule has 2 saturated heterocycles. The minimum absolute atomic E-state index is 0.109. The number of aliphatic hydroxyl groups is 1. The van der Waals surface area contributed by atoms with Crippen LogP contribution in [0.3, 0.4) is 0 Å². The number of benzene rings is 2. The highest BCUT2D eigenvalue weighted by Crippen LogP contribution is 2.31. The molecule has 3 amide bonds. The molecule has 0 aliphatic carbocycles. The minimum atomic E-state index is -4.24. The number of halogens is 6. The number of hydrogen-bond donors (Lipinski definition) is 3. The van der Waals surface area contributed by atoms with Gasteiger partial charge in [-0.05, 0) is 37.1 Å². The third kappa shape index (κ3) is 8.20. The molecule has 41 heavy (non-hydrogen) atoms. The molecule has 2 fully saturated rings. The molecule has 0 radical (unpaired) electrons. The van der Waals surface area contributed by atoms with Crippen molar-refractivity contribution < 1.29 is 36.6 Å². The number of hydrogen-bond acceptors (Lipinski definition) is 5. The highest BCUT2D eigenvalue weighted by Gasteiger charge is 2.29. The molecule has 2 aliphatic rings. The number of aliphatic hydroxyl groups excluding tert-OH is 1. The second kappa shape index (κ2) is 13.2. The molecule has 224 valence electrons. The van der Waals surface area contributed by atoms with Crippen LogP contribution in [0.5, 0.6) is 0 Å². The zero-order chi connectivity index (χ0) is 29.7. The van der Waals surface area contributed by atoms with Crippen molar-refractivity contribution in [3.8, 4) is 0 Å². The molecule has 0 spiro atoms. The first-order valence-electron chi connectivity index (χ1n) is 13.2. The maximum Gasteiger partial charge on any atom is 0.390 e. The van der Waals surface area contributed by atoms with E-state index in [1.165, 1.54) is 23.1 Å². The normalized spacial score (nSPS) is 18.4. The average molecular weight is 604 g/mol. The molecule has 0 aromatic heterocycles. The first-order chi connectivity index (χ1) is 19.4. The van der Waals surface area contributed by atoms with Gasteiger partial charge in [-0.1, -0.05) is 17.7 Å². The van der Waals surface area contributed by atoms with Crippen molar-refractivity contribution in [3.63, 3.8) is 0 Å². The Bertz CT molecular complexity index is 1260. The Hall–Kier alpha value is -3.16. The van der Waals surface area contributed by atoms with E-state index in [-0.39, 0.29) is 30.9 Å². The summed E-state index contributed by atoms with van der Waals surface area (Å²) in [4.78, 5) is 30.3. The summed E-state index contributed by atoms with van der Waals surface area (Å²) >= 11 is 6.16. The van der Waals surface area contributed by atoms with Gasteiger partial charge in [0.15, 0.2) is 11.6 Å².